The van der Waals surface area contributed by atoms with E-state index in [1.54, 1.807) is 6.20 Å². The first-order valence-electron chi connectivity index (χ1n) is 3.37. The predicted molar refractivity (Wildman–Crippen MR) is 49.6 cm³/mol. The minimum Gasteiger partial charge on any atom is -0.375 e. The highest BCUT2D eigenvalue weighted by Crippen LogP contribution is 2.17. The molecule has 0 saturated carbocycles. The molecule has 2 N–H and O–H groups in total. The van der Waals surface area contributed by atoms with Gasteiger partial charge in [0.2, 0.25) is 0 Å². The van der Waals surface area contributed by atoms with Crippen LogP contribution in [-0.2, 0) is 6.42 Å². The van der Waals surface area contributed by atoms with Crippen molar-refractivity contribution in [1.29, 1.82) is 0 Å². The van der Waals surface area contributed by atoms with Gasteiger partial charge in [0.05, 0.1) is 6.33 Å². The highest BCUT2D eigenvalue weighted by atomic mass is 32.1. The number of rotatable bonds is 3. The van der Waals surface area contributed by atoms with E-state index in [1.165, 1.54) is 17.4 Å². The molecule has 1 aromatic heterocycles. The molecule has 0 atom stereocenters. The van der Waals surface area contributed by atoms with Crippen molar-refractivity contribution in [3.63, 3.8) is 0 Å². The zero-order chi connectivity index (χ0) is 8.97. The first-order valence-corrected chi connectivity index (χ1v) is 4.18. The first-order chi connectivity index (χ1) is 5.72. The van der Waals surface area contributed by atoms with Crippen molar-refractivity contribution in [2.45, 2.75) is 6.42 Å². The molecule has 2 nitrogen and oxygen atoms in total. The van der Waals surface area contributed by atoms with Gasteiger partial charge < -0.3 is 5.73 Å². The van der Waals surface area contributed by atoms with Crippen LogP contribution in [-0.4, -0.2) is 4.98 Å². The van der Waals surface area contributed by atoms with Gasteiger partial charge in [-0.1, -0.05) is 6.58 Å². The third-order valence-electron chi connectivity index (χ3n) is 1.27. The molecule has 0 amide bonds. The van der Waals surface area contributed by atoms with Gasteiger partial charge in [0.1, 0.15) is 0 Å². The molecule has 64 valence electrons. The number of thiazole rings is 1. The van der Waals surface area contributed by atoms with Crippen molar-refractivity contribution in [1.82, 2.24) is 4.98 Å². The normalized spacial score (nSPS) is 10.8. The number of aromatic nitrogens is 1. The molecule has 0 unspecified atom stereocenters. The summed E-state index contributed by atoms with van der Waals surface area (Å²) in [6.07, 6.45) is 4.09. The third kappa shape index (κ3) is 2.47. The summed E-state index contributed by atoms with van der Waals surface area (Å²) in [6.45, 7) is 3.66. The molecule has 0 aliphatic heterocycles. The smallest absolute Gasteiger partial charge is 0.180 e. The van der Waals surface area contributed by atoms with Gasteiger partial charge >= 0.3 is 0 Å². The summed E-state index contributed by atoms with van der Waals surface area (Å²) in [5, 5.41) is 0.530. The average molecular weight is 184 g/mol. The van der Waals surface area contributed by atoms with Crippen LogP contribution in [0, 0.1) is 0 Å². The number of halogens is 1. The second kappa shape index (κ2) is 4.01. The molecule has 0 saturated heterocycles. The second-order valence-corrected chi connectivity index (χ2v) is 3.44. The molecule has 0 aromatic carbocycles. The Morgan fingerprint density at radius 2 is 2.58 bits per heavy atom. The van der Waals surface area contributed by atoms with Gasteiger partial charge in [0, 0.05) is 17.5 Å². The molecule has 0 aliphatic carbocycles. The minimum absolute atomic E-state index is 0.479. The van der Waals surface area contributed by atoms with Crippen LogP contribution in [0.4, 0.5) is 9.52 Å². The van der Waals surface area contributed by atoms with E-state index < -0.39 is 0 Å². The standard InChI is InChI=1S/C8H9FN2S/c1-6(2-3-9)4-7-5-11-8(10)12-7/h2-3,5H,1,4H2,(H2,10,11)/b3-2+. The number of allylic oxidation sites excluding steroid dienone is 2. The van der Waals surface area contributed by atoms with Crippen molar-refractivity contribution in [2.75, 3.05) is 5.73 Å². The lowest BCUT2D eigenvalue weighted by Gasteiger charge is -1.92. The minimum atomic E-state index is 0.479. The Labute approximate surface area is 74.2 Å². The summed E-state index contributed by atoms with van der Waals surface area (Å²) in [5.41, 5.74) is 6.12. The van der Waals surface area contributed by atoms with Gasteiger partial charge in [0.25, 0.3) is 0 Å². The maximum Gasteiger partial charge on any atom is 0.180 e. The highest BCUT2D eigenvalue weighted by molar-refractivity contribution is 7.15. The van der Waals surface area contributed by atoms with E-state index in [2.05, 4.69) is 11.6 Å². The van der Waals surface area contributed by atoms with E-state index >= 15 is 0 Å². The van der Waals surface area contributed by atoms with Crippen LogP contribution < -0.4 is 5.73 Å². The highest BCUT2D eigenvalue weighted by Gasteiger charge is 1.98. The Morgan fingerprint density at radius 3 is 3.08 bits per heavy atom. The number of nitrogens with two attached hydrogens (primary N) is 1. The van der Waals surface area contributed by atoms with Crippen molar-refractivity contribution in [2.24, 2.45) is 0 Å². The Bertz CT molecular complexity index is 304. The van der Waals surface area contributed by atoms with Crippen molar-refractivity contribution in [3.05, 3.63) is 35.6 Å². The summed E-state index contributed by atoms with van der Waals surface area (Å²) >= 11 is 1.39. The van der Waals surface area contributed by atoms with E-state index in [0.29, 0.717) is 23.5 Å². The molecule has 1 rings (SSSR count). The van der Waals surface area contributed by atoms with E-state index in [0.717, 1.165) is 4.88 Å². The fourth-order valence-electron chi connectivity index (χ4n) is 0.776. The van der Waals surface area contributed by atoms with Crippen LogP contribution in [0.3, 0.4) is 0 Å². The number of nitrogens with zero attached hydrogens (tertiary/aromatic N) is 1. The van der Waals surface area contributed by atoms with Gasteiger partial charge in [-0.15, -0.1) is 11.3 Å². The summed E-state index contributed by atoms with van der Waals surface area (Å²) in [4.78, 5) is 4.86. The van der Waals surface area contributed by atoms with Crippen LogP contribution in [0.25, 0.3) is 0 Å². The summed E-state index contributed by atoms with van der Waals surface area (Å²) in [5.74, 6) is 0. The molecule has 1 heterocycles. The zero-order valence-electron chi connectivity index (χ0n) is 6.46. The summed E-state index contributed by atoms with van der Waals surface area (Å²) < 4.78 is 11.7. The Morgan fingerprint density at radius 1 is 1.83 bits per heavy atom. The van der Waals surface area contributed by atoms with Crippen molar-refractivity contribution >= 4 is 16.5 Å². The van der Waals surface area contributed by atoms with Gasteiger partial charge in [-0.3, -0.25) is 0 Å². The van der Waals surface area contributed by atoms with Crippen LogP contribution >= 0.6 is 11.3 Å². The maximum absolute atomic E-state index is 11.7. The van der Waals surface area contributed by atoms with E-state index in [1.807, 2.05) is 0 Å². The largest absolute Gasteiger partial charge is 0.375 e. The van der Waals surface area contributed by atoms with E-state index in [9.17, 15) is 4.39 Å². The van der Waals surface area contributed by atoms with Crippen LogP contribution in [0.1, 0.15) is 4.88 Å². The van der Waals surface area contributed by atoms with E-state index in [4.69, 9.17) is 5.73 Å². The summed E-state index contributed by atoms with van der Waals surface area (Å²) in [7, 11) is 0. The predicted octanol–water partition coefficient (Wildman–Crippen LogP) is 2.31. The first kappa shape index (κ1) is 8.93. The second-order valence-electron chi connectivity index (χ2n) is 2.29. The van der Waals surface area contributed by atoms with Gasteiger partial charge in [0.15, 0.2) is 5.13 Å². The molecule has 1 aromatic rings. The van der Waals surface area contributed by atoms with Gasteiger partial charge in [-0.25, -0.2) is 9.37 Å². The van der Waals surface area contributed by atoms with Gasteiger partial charge in [-0.05, 0) is 11.6 Å². The molecular weight excluding hydrogens is 175 g/mol. The fourth-order valence-corrected chi connectivity index (χ4v) is 1.51. The maximum atomic E-state index is 11.7. The van der Waals surface area contributed by atoms with Gasteiger partial charge in [-0.2, -0.15) is 0 Å². The molecule has 12 heavy (non-hydrogen) atoms. The number of nitrogen functional groups attached to an aromatic ring is 1. The van der Waals surface area contributed by atoms with E-state index in [-0.39, 0.29) is 0 Å². The Kier molecular flexibility index (Phi) is 2.99. The summed E-state index contributed by atoms with van der Waals surface area (Å²) in [6, 6.07) is 0. The molecule has 4 heteroatoms. The number of hydrogen-bond acceptors (Lipinski definition) is 3. The zero-order valence-corrected chi connectivity index (χ0v) is 7.27. The Balaban J connectivity index is 2.58. The molecule has 0 spiro atoms. The lowest BCUT2D eigenvalue weighted by Crippen LogP contribution is -1.80. The lowest BCUT2D eigenvalue weighted by atomic mass is 10.2. The molecule has 0 radical (unpaired) electrons. The van der Waals surface area contributed by atoms with Crippen molar-refractivity contribution in [3.8, 4) is 0 Å². The lowest BCUT2D eigenvalue weighted by molar-refractivity contribution is 0.719. The molecule has 0 aliphatic rings. The average Bonchev–Trinajstić information content (AvgIpc) is 2.36. The number of anilines is 1. The quantitative estimate of drug-likeness (QED) is 0.732. The van der Waals surface area contributed by atoms with Crippen LogP contribution in [0.2, 0.25) is 0 Å². The topological polar surface area (TPSA) is 38.9 Å². The Hall–Kier alpha value is -1.16. The van der Waals surface area contributed by atoms with Crippen LogP contribution in [0.5, 0.6) is 0 Å². The monoisotopic (exact) mass is 184 g/mol. The molecular formula is C8H9FN2S. The SMILES string of the molecule is C=C(/C=C/F)Cc1cnc(N)s1. The van der Waals surface area contributed by atoms with Crippen LogP contribution in [0.15, 0.2) is 30.8 Å². The molecule has 0 fully saturated rings. The molecule has 0 bridgehead atoms. The number of hydrogen-bond donors (Lipinski definition) is 1. The van der Waals surface area contributed by atoms with Crippen molar-refractivity contribution < 1.29 is 4.39 Å². The fraction of sp³-hybridized carbons (Fsp3) is 0.125. The third-order valence-corrected chi connectivity index (χ3v) is 2.10.